The SMILES string of the molecule is CC1CC(Nc2ccc(CN(C)C)cc2)C1. The molecule has 88 valence electrons. The second-order valence-electron chi connectivity index (χ2n) is 5.35. The molecule has 1 aromatic carbocycles. The van der Waals surface area contributed by atoms with Crippen molar-refractivity contribution in [2.24, 2.45) is 5.92 Å². The number of rotatable bonds is 4. The van der Waals surface area contributed by atoms with E-state index in [-0.39, 0.29) is 0 Å². The first kappa shape index (κ1) is 11.5. The van der Waals surface area contributed by atoms with Crippen molar-refractivity contribution in [2.45, 2.75) is 32.4 Å². The van der Waals surface area contributed by atoms with E-state index in [1.165, 1.54) is 24.1 Å². The number of hydrogen-bond donors (Lipinski definition) is 1. The molecule has 1 aliphatic rings. The second-order valence-corrected chi connectivity index (χ2v) is 5.35. The Balaban J connectivity index is 1.87. The van der Waals surface area contributed by atoms with Gasteiger partial charge in [0.05, 0.1) is 0 Å². The van der Waals surface area contributed by atoms with E-state index in [1.54, 1.807) is 0 Å². The van der Waals surface area contributed by atoms with Crippen LogP contribution >= 0.6 is 0 Å². The summed E-state index contributed by atoms with van der Waals surface area (Å²) in [5.41, 5.74) is 2.64. The second kappa shape index (κ2) is 4.88. The Morgan fingerprint density at radius 1 is 1.19 bits per heavy atom. The molecule has 1 aliphatic carbocycles. The molecule has 1 fully saturated rings. The van der Waals surface area contributed by atoms with Crippen LogP contribution in [0.2, 0.25) is 0 Å². The normalized spacial score (nSPS) is 24.2. The fraction of sp³-hybridized carbons (Fsp3) is 0.571. The van der Waals surface area contributed by atoms with Gasteiger partial charge in [-0.3, -0.25) is 0 Å². The van der Waals surface area contributed by atoms with Gasteiger partial charge >= 0.3 is 0 Å². The van der Waals surface area contributed by atoms with E-state index in [1.807, 2.05) is 0 Å². The minimum absolute atomic E-state index is 0.703. The molecule has 2 heteroatoms. The maximum atomic E-state index is 3.58. The molecule has 0 unspecified atom stereocenters. The molecular formula is C14H22N2. The fourth-order valence-electron chi connectivity index (χ4n) is 2.33. The summed E-state index contributed by atoms with van der Waals surface area (Å²) in [7, 11) is 4.20. The van der Waals surface area contributed by atoms with E-state index in [0.717, 1.165) is 12.5 Å². The van der Waals surface area contributed by atoms with Crippen LogP contribution in [0.3, 0.4) is 0 Å². The monoisotopic (exact) mass is 218 g/mol. The summed E-state index contributed by atoms with van der Waals surface area (Å²) in [5, 5.41) is 3.58. The molecule has 0 radical (unpaired) electrons. The van der Waals surface area contributed by atoms with Crippen LogP contribution < -0.4 is 5.32 Å². The molecule has 1 saturated carbocycles. The van der Waals surface area contributed by atoms with Crippen molar-refractivity contribution in [3.05, 3.63) is 29.8 Å². The van der Waals surface area contributed by atoms with E-state index in [4.69, 9.17) is 0 Å². The zero-order valence-corrected chi connectivity index (χ0v) is 10.5. The maximum Gasteiger partial charge on any atom is 0.0342 e. The van der Waals surface area contributed by atoms with Crippen LogP contribution in [0, 0.1) is 5.92 Å². The number of anilines is 1. The Hall–Kier alpha value is -1.02. The summed E-state index contributed by atoms with van der Waals surface area (Å²) in [5.74, 6) is 0.908. The molecule has 1 N–H and O–H groups in total. The van der Waals surface area contributed by atoms with Crippen LogP contribution in [0.1, 0.15) is 25.3 Å². The Kier molecular flexibility index (Phi) is 3.49. The lowest BCUT2D eigenvalue weighted by Crippen LogP contribution is -2.33. The van der Waals surface area contributed by atoms with Gasteiger partial charge in [0.2, 0.25) is 0 Å². The first-order valence-corrected chi connectivity index (χ1v) is 6.13. The summed E-state index contributed by atoms with van der Waals surface area (Å²) >= 11 is 0. The molecule has 0 aromatic heterocycles. The first-order valence-electron chi connectivity index (χ1n) is 6.13. The molecular weight excluding hydrogens is 196 g/mol. The lowest BCUT2D eigenvalue weighted by Gasteiger charge is -2.34. The molecule has 16 heavy (non-hydrogen) atoms. The topological polar surface area (TPSA) is 15.3 Å². The predicted molar refractivity (Wildman–Crippen MR) is 69.6 cm³/mol. The molecule has 2 nitrogen and oxygen atoms in total. The molecule has 0 aliphatic heterocycles. The van der Waals surface area contributed by atoms with E-state index in [2.05, 4.69) is 55.5 Å². The predicted octanol–water partition coefficient (Wildman–Crippen LogP) is 2.96. The van der Waals surface area contributed by atoms with Gasteiger partial charge in [0.15, 0.2) is 0 Å². The van der Waals surface area contributed by atoms with Crippen LogP contribution in [0.4, 0.5) is 5.69 Å². The lowest BCUT2D eigenvalue weighted by atomic mass is 9.82. The van der Waals surface area contributed by atoms with Gasteiger partial charge in [-0.1, -0.05) is 19.1 Å². The van der Waals surface area contributed by atoms with Gasteiger partial charge in [-0.05, 0) is 50.6 Å². The van der Waals surface area contributed by atoms with Crippen molar-refractivity contribution in [3.8, 4) is 0 Å². The van der Waals surface area contributed by atoms with Crippen molar-refractivity contribution in [3.63, 3.8) is 0 Å². The average Bonchev–Trinajstić information content (AvgIpc) is 2.18. The van der Waals surface area contributed by atoms with Crippen molar-refractivity contribution in [2.75, 3.05) is 19.4 Å². The Bertz CT molecular complexity index is 323. The van der Waals surface area contributed by atoms with Gasteiger partial charge in [-0.25, -0.2) is 0 Å². The fourth-order valence-corrected chi connectivity index (χ4v) is 2.33. The molecule has 0 saturated heterocycles. The number of nitrogens with zero attached hydrogens (tertiary/aromatic N) is 1. The summed E-state index contributed by atoms with van der Waals surface area (Å²) in [6.45, 7) is 3.33. The average molecular weight is 218 g/mol. The molecule has 1 aromatic rings. The Morgan fingerprint density at radius 2 is 1.81 bits per heavy atom. The largest absolute Gasteiger partial charge is 0.382 e. The Morgan fingerprint density at radius 3 is 2.31 bits per heavy atom. The van der Waals surface area contributed by atoms with Crippen molar-refractivity contribution in [1.29, 1.82) is 0 Å². The third kappa shape index (κ3) is 2.99. The highest BCUT2D eigenvalue weighted by atomic mass is 15.0. The maximum absolute atomic E-state index is 3.58. The third-order valence-electron chi connectivity index (χ3n) is 3.20. The molecule has 0 amide bonds. The van der Waals surface area contributed by atoms with Crippen LogP contribution in [0.25, 0.3) is 0 Å². The number of nitrogens with one attached hydrogen (secondary N) is 1. The van der Waals surface area contributed by atoms with Crippen molar-refractivity contribution in [1.82, 2.24) is 4.90 Å². The van der Waals surface area contributed by atoms with E-state index < -0.39 is 0 Å². The molecule has 0 atom stereocenters. The molecule has 0 bridgehead atoms. The summed E-state index contributed by atoms with van der Waals surface area (Å²) in [6, 6.07) is 9.52. The van der Waals surface area contributed by atoms with Crippen molar-refractivity contribution >= 4 is 5.69 Å². The quantitative estimate of drug-likeness (QED) is 0.836. The zero-order chi connectivity index (χ0) is 11.5. The first-order chi connectivity index (χ1) is 7.63. The van der Waals surface area contributed by atoms with Gasteiger partial charge in [0, 0.05) is 18.3 Å². The Labute approximate surface area is 98.7 Å². The van der Waals surface area contributed by atoms with Crippen LogP contribution in [-0.4, -0.2) is 25.0 Å². The highest BCUT2D eigenvalue weighted by molar-refractivity contribution is 5.45. The van der Waals surface area contributed by atoms with E-state index in [0.29, 0.717) is 6.04 Å². The highest BCUT2D eigenvalue weighted by Gasteiger charge is 2.24. The van der Waals surface area contributed by atoms with E-state index in [9.17, 15) is 0 Å². The summed E-state index contributed by atoms with van der Waals surface area (Å²) < 4.78 is 0. The smallest absolute Gasteiger partial charge is 0.0342 e. The van der Waals surface area contributed by atoms with Crippen LogP contribution in [0.15, 0.2) is 24.3 Å². The number of hydrogen-bond acceptors (Lipinski definition) is 2. The van der Waals surface area contributed by atoms with Gasteiger partial charge in [0.1, 0.15) is 0 Å². The van der Waals surface area contributed by atoms with Gasteiger partial charge in [-0.2, -0.15) is 0 Å². The van der Waals surface area contributed by atoms with Crippen LogP contribution in [-0.2, 0) is 6.54 Å². The van der Waals surface area contributed by atoms with Gasteiger partial charge in [-0.15, -0.1) is 0 Å². The minimum atomic E-state index is 0.703. The molecule has 0 spiro atoms. The highest BCUT2D eigenvalue weighted by Crippen LogP contribution is 2.29. The minimum Gasteiger partial charge on any atom is -0.382 e. The molecule has 0 heterocycles. The standard InChI is InChI=1S/C14H22N2/c1-11-8-14(9-11)15-13-6-4-12(5-7-13)10-16(2)3/h4-7,11,14-15H,8-10H2,1-3H3. The van der Waals surface area contributed by atoms with Gasteiger partial charge < -0.3 is 10.2 Å². The molecule has 2 rings (SSSR count). The lowest BCUT2D eigenvalue weighted by molar-refractivity contribution is 0.309. The number of benzene rings is 1. The van der Waals surface area contributed by atoms with Gasteiger partial charge in [0.25, 0.3) is 0 Å². The summed E-state index contributed by atoms with van der Waals surface area (Å²) in [4.78, 5) is 2.19. The van der Waals surface area contributed by atoms with Crippen LogP contribution in [0.5, 0.6) is 0 Å². The third-order valence-corrected chi connectivity index (χ3v) is 3.20. The van der Waals surface area contributed by atoms with E-state index >= 15 is 0 Å². The zero-order valence-electron chi connectivity index (χ0n) is 10.5. The van der Waals surface area contributed by atoms with Crippen molar-refractivity contribution < 1.29 is 0 Å². The summed E-state index contributed by atoms with van der Waals surface area (Å²) in [6.07, 6.45) is 2.64.